The van der Waals surface area contributed by atoms with E-state index in [4.69, 9.17) is 17.3 Å². The summed E-state index contributed by atoms with van der Waals surface area (Å²) in [5.74, 6) is -0.203. The van der Waals surface area contributed by atoms with Gasteiger partial charge in [0.2, 0.25) is 0 Å². The zero-order valence-electron chi connectivity index (χ0n) is 9.82. The lowest BCUT2D eigenvalue weighted by atomic mass is 10.2. The van der Waals surface area contributed by atoms with Gasteiger partial charge >= 0.3 is 0 Å². The molecule has 0 saturated carbocycles. The van der Waals surface area contributed by atoms with Gasteiger partial charge in [-0.1, -0.05) is 29.8 Å². The zero-order chi connectivity index (χ0) is 13.0. The molecular formula is C13H14ClN3O. The van der Waals surface area contributed by atoms with E-state index in [9.17, 15) is 4.79 Å². The number of hydrogen-bond donors (Lipinski definition) is 2. The molecule has 1 amide bonds. The van der Waals surface area contributed by atoms with Gasteiger partial charge in [-0.15, -0.1) is 0 Å². The highest BCUT2D eigenvalue weighted by molar-refractivity contribution is 6.35. The fourth-order valence-corrected chi connectivity index (χ4v) is 1.86. The monoisotopic (exact) mass is 263 g/mol. The second-order valence-corrected chi connectivity index (χ2v) is 4.31. The third-order valence-electron chi connectivity index (χ3n) is 2.57. The van der Waals surface area contributed by atoms with Gasteiger partial charge in [0.15, 0.2) is 0 Å². The summed E-state index contributed by atoms with van der Waals surface area (Å²) in [5, 5.41) is 4.22. The number of nitrogens with one attached hydrogen (secondary N) is 1. The molecule has 1 heterocycles. The van der Waals surface area contributed by atoms with Crippen LogP contribution in [0.15, 0.2) is 30.3 Å². The van der Waals surface area contributed by atoms with E-state index >= 15 is 0 Å². The fraction of sp³-hybridized carbons (Fsp3) is 0.231. The molecule has 2 aromatic rings. The topological polar surface area (TPSA) is 68.0 Å². The van der Waals surface area contributed by atoms with Gasteiger partial charge in [0, 0.05) is 11.9 Å². The lowest BCUT2D eigenvalue weighted by Gasteiger charge is -2.05. The molecule has 0 unspecified atom stereocenters. The maximum Gasteiger partial charge on any atom is 0.269 e. The van der Waals surface area contributed by atoms with Crippen LogP contribution in [-0.2, 0) is 0 Å². The van der Waals surface area contributed by atoms with Gasteiger partial charge in [-0.3, -0.25) is 4.79 Å². The molecule has 0 fully saturated rings. The molecule has 0 spiro atoms. The highest BCUT2D eigenvalue weighted by Crippen LogP contribution is 2.21. The average molecular weight is 264 g/mol. The second kappa shape index (κ2) is 5.80. The predicted octanol–water partition coefficient (Wildman–Crippen LogP) is 1.97. The van der Waals surface area contributed by atoms with Crippen LogP contribution in [0.2, 0.25) is 5.02 Å². The Morgan fingerprint density at radius 3 is 2.94 bits per heavy atom. The maximum absolute atomic E-state index is 11.8. The van der Waals surface area contributed by atoms with Crippen LogP contribution in [0.25, 0.3) is 10.9 Å². The standard InChI is InChI=1S/C13H14ClN3O/c14-10-4-1-3-9-5-6-11(17-12(9)10)13(18)16-8-2-7-15/h1,3-6H,2,7-8,15H2,(H,16,18). The molecule has 0 aliphatic carbocycles. The Balaban J connectivity index is 2.24. The number of fused-ring (bicyclic) bond motifs is 1. The summed E-state index contributed by atoms with van der Waals surface area (Å²) in [7, 11) is 0. The lowest BCUT2D eigenvalue weighted by molar-refractivity contribution is 0.0949. The first-order valence-electron chi connectivity index (χ1n) is 5.76. The zero-order valence-corrected chi connectivity index (χ0v) is 10.6. The van der Waals surface area contributed by atoms with E-state index < -0.39 is 0 Å². The first-order chi connectivity index (χ1) is 8.72. The molecule has 94 valence electrons. The van der Waals surface area contributed by atoms with Crippen molar-refractivity contribution in [3.8, 4) is 0 Å². The van der Waals surface area contributed by atoms with Gasteiger partial charge in [-0.2, -0.15) is 0 Å². The van der Waals surface area contributed by atoms with E-state index in [1.54, 1.807) is 12.1 Å². The minimum atomic E-state index is -0.203. The summed E-state index contributed by atoms with van der Waals surface area (Å²) >= 11 is 6.05. The average Bonchev–Trinajstić information content (AvgIpc) is 2.39. The number of pyridine rings is 1. The van der Waals surface area contributed by atoms with Crippen molar-refractivity contribution in [1.82, 2.24) is 10.3 Å². The Bertz CT molecular complexity index is 571. The largest absolute Gasteiger partial charge is 0.351 e. The van der Waals surface area contributed by atoms with Crippen LogP contribution in [0.3, 0.4) is 0 Å². The first-order valence-corrected chi connectivity index (χ1v) is 6.13. The van der Waals surface area contributed by atoms with Crippen molar-refractivity contribution in [2.24, 2.45) is 5.73 Å². The molecule has 3 N–H and O–H groups in total. The van der Waals surface area contributed by atoms with E-state index in [-0.39, 0.29) is 5.91 Å². The van der Waals surface area contributed by atoms with Crippen molar-refractivity contribution in [1.29, 1.82) is 0 Å². The molecule has 0 atom stereocenters. The summed E-state index contributed by atoms with van der Waals surface area (Å²) in [6.45, 7) is 1.11. The van der Waals surface area contributed by atoms with Gasteiger partial charge in [0.25, 0.3) is 5.91 Å². The Morgan fingerprint density at radius 2 is 2.17 bits per heavy atom. The van der Waals surface area contributed by atoms with Crippen molar-refractivity contribution in [2.75, 3.05) is 13.1 Å². The molecule has 1 aromatic heterocycles. The molecule has 2 rings (SSSR count). The minimum absolute atomic E-state index is 0.203. The molecule has 0 aliphatic heterocycles. The molecule has 0 saturated heterocycles. The van der Waals surface area contributed by atoms with Gasteiger partial charge < -0.3 is 11.1 Å². The molecule has 5 heteroatoms. The SMILES string of the molecule is NCCCNC(=O)c1ccc2cccc(Cl)c2n1. The van der Waals surface area contributed by atoms with Crippen molar-refractivity contribution in [3.05, 3.63) is 41.0 Å². The number of para-hydroxylation sites is 1. The highest BCUT2D eigenvalue weighted by Gasteiger charge is 2.08. The summed E-state index contributed by atoms with van der Waals surface area (Å²) in [6, 6.07) is 9.05. The predicted molar refractivity (Wildman–Crippen MR) is 72.8 cm³/mol. The Hall–Kier alpha value is -1.65. The smallest absolute Gasteiger partial charge is 0.269 e. The van der Waals surface area contributed by atoms with Gasteiger partial charge in [0.1, 0.15) is 5.69 Å². The van der Waals surface area contributed by atoms with Crippen LogP contribution >= 0.6 is 11.6 Å². The van der Waals surface area contributed by atoms with Crippen LogP contribution in [-0.4, -0.2) is 24.0 Å². The lowest BCUT2D eigenvalue weighted by Crippen LogP contribution is -2.26. The number of carbonyl (C=O) groups is 1. The third-order valence-corrected chi connectivity index (χ3v) is 2.88. The van der Waals surface area contributed by atoms with E-state index in [1.807, 2.05) is 18.2 Å². The summed E-state index contributed by atoms with van der Waals surface area (Å²) in [6.07, 6.45) is 0.750. The van der Waals surface area contributed by atoms with Crippen molar-refractivity contribution in [3.63, 3.8) is 0 Å². The number of nitrogens with zero attached hydrogens (tertiary/aromatic N) is 1. The molecule has 0 bridgehead atoms. The first kappa shape index (κ1) is 12.8. The Kier molecular flexibility index (Phi) is 4.12. The van der Waals surface area contributed by atoms with Crippen molar-refractivity contribution < 1.29 is 4.79 Å². The number of hydrogen-bond acceptors (Lipinski definition) is 3. The quantitative estimate of drug-likeness (QED) is 0.829. The molecule has 4 nitrogen and oxygen atoms in total. The summed E-state index contributed by atoms with van der Waals surface area (Å²) < 4.78 is 0. The van der Waals surface area contributed by atoms with Crippen LogP contribution in [0.1, 0.15) is 16.9 Å². The van der Waals surface area contributed by atoms with Crippen molar-refractivity contribution >= 4 is 28.4 Å². The second-order valence-electron chi connectivity index (χ2n) is 3.91. The van der Waals surface area contributed by atoms with E-state index in [2.05, 4.69) is 10.3 Å². The summed E-state index contributed by atoms with van der Waals surface area (Å²) in [5.41, 5.74) is 6.38. The van der Waals surface area contributed by atoms with Crippen molar-refractivity contribution in [2.45, 2.75) is 6.42 Å². The van der Waals surface area contributed by atoms with Crippen LogP contribution < -0.4 is 11.1 Å². The summed E-state index contributed by atoms with van der Waals surface area (Å²) in [4.78, 5) is 16.1. The number of aromatic nitrogens is 1. The molecule has 0 radical (unpaired) electrons. The maximum atomic E-state index is 11.8. The van der Waals surface area contributed by atoms with Gasteiger partial charge in [-0.25, -0.2) is 4.98 Å². The number of amides is 1. The van der Waals surface area contributed by atoms with Crippen LogP contribution in [0, 0.1) is 0 Å². The molecular weight excluding hydrogens is 250 g/mol. The highest BCUT2D eigenvalue weighted by atomic mass is 35.5. The Morgan fingerprint density at radius 1 is 1.33 bits per heavy atom. The van der Waals surface area contributed by atoms with Crippen LogP contribution in [0.4, 0.5) is 0 Å². The van der Waals surface area contributed by atoms with Gasteiger partial charge in [0.05, 0.1) is 10.5 Å². The number of rotatable bonds is 4. The number of nitrogens with two attached hydrogens (primary N) is 1. The fourth-order valence-electron chi connectivity index (χ4n) is 1.63. The number of halogens is 1. The number of benzene rings is 1. The van der Waals surface area contributed by atoms with E-state index in [0.29, 0.717) is 29.3 Å². The Labute approximate surface area is 110 Å². The van der Waals surface area contributed by atoms with E-state index in [0.717, 1.165) is 11.8 Å². The van der Waals surface area contributed by atoms with Crippen LogP contribution in [0.5, 0.6) is 0 Å². The minimum Gasteiger partial charge on any atom is -0.351 e. The molecule has 18 heavy (non-hydrogen) atoms. The normalized spacial score (nSPS) is 10.6. The molecule has 0 aliphatic rings. The van der Waals surface area contributed by atoms with E-state index in [1.165, 1.54) is 0 Å². The third kappa shape index (κ3) is 2.78. The number of carbonyl (C=O) groups excluding carboxylic acids is 1. The molecule has 1 aromatic carbocycles. The van der Waals surface area contributed by atoms with Gasteiger partial charge in [-0.05, 0) is 25.1 Å².